The van der Waals surface area contributed by atoms with Gasteiger partial charge in [-0.15, -0.1) is 5.10 Å². The monoisotopic (exact) mass is 331 g/mol. The molecule has 0 radical (unpaired) electrons. The maximum absolute atomic E-state index is 13.2. The molecule has 0 saturated heterocycles. The van der Waals surface area contributed by atoms with E-state index in [4.69, 9.17) is 4.42 Å². The number of nitrogens with zero attached hydrogens (tertiary/aromatic N) is 5. The highest BCUT2D eigenvalue weighted by Gasteiger charge is 2.40. The maximum Gasteiger partial charge on any atom is 0.248 e. The van der Waals surface area contributed by atoms with Gasteiger partial charge in [-0.25, -0.2) is 4.68 Å². The highest BCUT2D eigenvalue weighted by molar-refractivity contribution is 5.81. The minimum atomic E-state index is -0.452. The number of tetrazole rings is 1. The standard InChI is InChI=1S/C17H25N5O2/c1-11(14-7-6-10-24-14)21(13-8-9-13)15(23)12(2)22-16(17(3,4)5)18-19-20-22/h6-7,10-13H,8-9H2,1-5H3. The van der Waals surface area contributed by atoms with E-state index in [1.165, 1.54) is 0 Å². The van der Waals surface area contributed by atoms with Crippen LogP contribution in [0.4, 0.5) is 0 Å². The summed E-state index contributed by atoms with van der Waals surface area (Å²) in [5.74, 6) is 1.54. The van der Waals surface area contributed by atoms with E-state index in [1.807, 2.05) is 51.7 Å². The molecule has 1 aliphatic carbocycles. The van der Waals surface area contributed by atoms with E-state index >= 15 is 0 Å². The zero-order valence-electron chi connectivity index (χ0n) is 14.9. The summed E-state index contributed by atoms with van der Waals surface area (Å²) in [5, 5.41) is 12.0. The maximum atomic E-state index is 13.2. The fourth-order valence-electron chi connectivity index (χ4n) is 2.97. The number of amides is 1. The quantitative estimate of drug-likeness (QED) is 0.842. The summed E-state index contributed by atoms with van der Waals surface area (Å²) in [4.78, 5) is 15.1. The minimum Gasteiger partial charge on any atom is -0.467 e. The molecule has 1 amide bonds. The molecule has 7 nitrogen and oxygen atoms in total. The third-order valence-electron chi connectivity index (χ3n) is 4.45. The van der Waals surface area contributed by atoms with Gasteiger partial charge in [0.25, 0.3) is 0 Å². The van der Waals surface area contributed by atoms with Crippen molar-refractivity contribution in [2.75, 3.05) is 0 Å². The van der Waals surface area contributed by atoms with Gasteiger partial charge in [0.15, 0.2) is 5.82 Å². The molecule has 0 aromatic carbocycles. The van der Waals surface area contributed by atoms with E-state index in [9.17, 15) is 4.79 Å². The van der Waals surface area contributed by atoms with E-state index in [2.05, 4.69) is 15.5 Å². The molecule has 2 aromatic heterocycles. The predicted octanol–water partition coefficient (Wildman–Crippen LogP) is 2.88. The van der Waals surface area contributed by atoms with Crippen molar-refractivity contribution >= 4 is 5.91 Å². The number of carbonyl (C=O) groups excluding carboxylic acids is 1. The van der Waals surface area contributed by atoms with Gasteiger partial charge in [-0.1, -0.05) is 20.8 Å². The van der Waals surface area contributed by atoms with Crippen molar-refractivity contribution in [2.24, 2.45) is 0 Å². The third-order valence-corrected chi connectivity index (χ3v) is 4.45. The highest BCUT2D eigenvalue weighted by Crippen LogP contribution is 2.36. The first-order chi connectivity index (χ1) is 11.3. The lowest BCUT2D eigenvalue weighted by Gasteiger charge is -2.31. The summed E-state index contributed by atoms with van der Waals surface area (Å²) in [5.41, 5.74) is -0.227. The van der Waals surface area contributed by atoms with Gasteiger partial charge in [0.2, 0.25) is 5.91 Å². The van der Waals surface area contributed by atoms with Crippen LogP contribution in [0.15, 0.2) is 22.8 Å². The first-order valence-corrected chi connectivity index (χ1v) is 8.44. The summed E-state index contributed by atoms with van der Waals surface area (Å²) in [6.45, 7) is 9.98. The van der Waals surface area contributed by atoms with Crippen LogP contribution in [0.1, 0.15) is 71.1 Å². The van der Waals surface area contributed by atoms with E-state index in [0.717, 1.165) is 18.6 Å². The van der Waals surface area contributed by atoms with E-state index < -0.39 is 6.04 Å². The summed E-state index contributed by atoms with van der Waals surface area (Å²) < 4.78 is 7.16. The minimum absolute atomic E-state index is 0.0270. The van der Waals surface area contributed by atoms with Gasteiger partial charge in [-0.2, -0.15) is 0 Å². The van der Waals surface area contributed by atoms with Crippen molar-refractivity contribution in [3.05, 3.63) is 30.0 Å². The van der Waals surface area contributed by atoms with Crippen LogP contribution in [0.3, 0.4) is 0 Å². The molecule has 130 valence electrons. The normalized spacial score (nSPS) is 17.5. The van der Waals surface area contributed by atoms with Crippen molar-refractivity contribution in [2.45, 2.75) is 71.0 Å². The molecule has 0 spiro atoms. The second-order valence-electron chi connectivity index (χ2n) is 7.54. The Hall–Kier alpha value is -2.18. The van der Waals surface area contributed by atoms with Crippen LogP contribution in [-0.4, -0.2) is 37.1 Å². The summed E-state index contributed by atoms with van der Waals surface area (Å²) >= 11 is 0. The van der Waals surface area contributed by atoms with Crippen LogP contribution < -0.4 is 0 Å². The van der Waals surface area contributed by atoms with Crippen molar-refractivity contribution in [3.63, 3.8) is 0 Å². The lowest BCUT2D eigenvalue weighted by molar-refractivity contribution is -0.138. The Labute approximate surface area is 142 Å². The molecule has 1 aliphatic rings. The molecule has 2 aromatic rings. The summed E-state index contributed by atoms with van der Waals surface area (Å²) in [6.07, 6.45) is 3.71. The lowest BCUT2D eigenvalue weighted by atomic mass is 9.95. The number of hydrogen-bond donors (Lipinski definition) is 0. The second kappa shape index (κ2) is 6.03. The third kappa shape index (κ3) is 3.07. The zero-order valence-corrected chi connectivity index (χ0v) is 14.9. The molecule has 1 saturated carbocycles. The Morgan fingerprint density at radius 3 is 2.62 bits per heavy atom. The Morgan fingerprint density at radius 1 is 1.38 bits per heavy atom. The molecule has 3 rings (SSSR count). The number of aromatic nitrogens is 4. The first-order valence-electron chi connectivity index (χ1n) is 8.44. The van der Waals surface area contributed by atoms with Gasteiger partial charge in [0, 0.05) is 11.5 Å². The van der Waals surface area contributed by atoms with E-state index in [1.54, 1.807) is 10.9 Å². The van der Waals surface area contributed by atoms with Gasteiger partial charge >= 0.3 is 0 Å². The molecule has 2 heterocycles. The Kier molecular flexibility index (Phi) is 4.19. The molecule has 24 heavy (non-hydrogen) atoms. The summed E-state index contributed by atoms with van der Waals surface area (Å²) in [7, 11) is 0. The van der Waals surface area contributed by atoms with Crippen molar-refractivity contribution in [1.29, 1.82) is 0 Å². The molecule has 0 aliphatic heterocycles. The van der Waals surface area contributed by atoms with Gasteiger partial charge < -0.3 is 9.32 Å². The Bertz CT molecular complexity index is 697. The average Bonchev–Trinajstić information content (AvgIpc) is 3.05. The fraction of sp³-hybridized carbons (Fsp3) is 0.647. The number of furan rings is 1. The molecule has 2 atom stereocenters. The van der Waals surface area contributed by atoms with Crippen LogP contribution in [-0.2, 0) is 10.2 Å². The van der Waals surface area contributed by atoms with Gasteiger partial charge in [-0.3, -0.25) is 4.79 Å². The number of carbonyl (C=O) groups is 1. The van der Waals surface area contributed by atoms with Crippen molar-refractivity contribution < 1.29 is 9.21 Å². The Morgan fingerprint density at radius 2 is 2.08 bits per heavy atom. The Balaban J connectivity index is 1.87. The molecule has 1 fully saturated rings. The number of rotatable bonds is 5. The second-order valence-corrected chi connectivity index (χ2v) is 7.54. The van der Waals surface area contributed by atoms with Crippen molar-refractivity contribution in [3.8, 4) is 0 Å². The van der Waals surface area contributed by atoms with Gasteiger partial charge in [0.05, 0.1) is 12.3 Å². The smallest absolute Gasteiger partial charge is 0.248 e. The van der Waals surface area contributed by atoms with Crippen LogP contribution in [0.25, 0.3) is 0 Å². The topological polar surface area (TPSA) is 77.0 Å². The van der Waals surface area contributed by atoms with Crippen molar-refractivity contribution in [1.82, 2.24) is 25.1 Å². The fourth-order valence-corrected chi connectivity index (χ4v) is 2.97. The zero-order chi connectivity index (χ0) is 17.5. The number of hydrogen-bond acceptors (Lipinski definition) is 5. The molecule has 0 bridgehead atoms. The van der Waals surface area contributed by atoms with E-state index in [0.29, 0.717) is 5.82 Å². The largest absolute Gasteiger partial charge is 0.467 e. The molecular formula is C17H25N5O2. The van der Waals surface area contributed by atoms with Crippen LogP contribution in [0.5, 0.6) is 0 Å². The van der Waals surface area contributed by atoms with Gasteiger partial charge in [-0.05, 0) is 49.2 Å². The van der Waals surface area contributed by atoms with Crippen LogP contribution in [0, 0.1) is 0 Å². The molecule has 7 heteroatoms. The van der Waals surface area contributed by atoms with Crippen LogP contribution >= 0.6 is 0 Å². The average molecular weight is 331 g/mol. The summed E-state index contributed by atoms with van der Waals surface area (Å²) in [6, 6.07) is 3.48. The van der Waals surface area contributed by atoms with Gasteiger partial charge in [0.1, 0.15) is 11.8 Å². The highest BCUT2D eigenvalue weighted by atomic mass is 16.3. The van der Waals surface area contributed by atoms with Crippen LogP contribution in [0.2, 0.25) is 0 Å². The molecule has 0 N–H and O–H groups in total. The molecular weight excluding hydrogens is 306 g/mol. The van der Waals surface area contributed by atoms with E-state index in [-0.39, 0.29) is 23.4 Å². The molecule has 2 unspecified atom stereocenters. The first kappa shape index (κ1) is 16.7. The lowest BCUT2D eigenvalue weighted by Crippen LogP contribution is -2.41. The SMILES string of the molecule is CC(c1ccco1)N(C(=O)C(C)n1nnnc1C(C)(C)C)C1CC1. The predicted molar refractivity (Wildman–Crippen MR) is 88.2 cm³/mol.